The third-order valence-corrected chi connectivity index (χ3v) is 4.78. The number of ether oxygens (including phenoxy) is 1. The fourth-order valence-electron chi connectivity index (χ4n) is 1.65. The van der Waals surface area contributed by atoms with Crippen molar-refractivity contribution in [2.75, 3.05) is 17.1 Å². The average Bonchev–Trinajstić information content (AvgIpc) is 2.92. The Bertz CT molecular complexity index is 789. The summed E-state index contributed by atoms with van der Waals surface area (Å²) in [4.78, 5) is 15.4. The van der Waals surface area contributed by atoms with Crippen LogP contribution in [-0.4, -0.2) is 41.9 Å². The number of nitrogens with zero attached hydrogens (tertiary/aromatic N) is 2. The second kappa shape index (κ2) is 7.47. The third-order valence-electron chi connectivity index (χ3n) is 2.62. The quantitative estimate of drug-likeness (QED) is 0.571. The van der Waals surface area contributed by atoms with Crippen molar-refractivity contribution in [1.29, 1.82) is 0 Å². The number of nitrogens with one attached hydrogen (secondary N) is 2. The van der Waals surface area contributed by atoms with E-state index in [2.05, 4.69) is 19.9 Å². The first kappa shape index (κ1) is 17.3. The molecule has 124 valence electrons. The Labute approximate surface area is 138 Å². The van der Waals surface area contributed by atoms with Gasteiger partial charge in [0.1, 0.15) is 0 Å². The minimum atomic E-state index is -3.75. The minimum Gasteiger partial charge on any atom is -0.465 e. The molecule has 0 aliphatic heterocycles. The number of hydrogen-bond donors (Lipinski definition) is 2. The van der Waals surface area contributed by atoms with Gasteiger partial charge in [0, 0.05) is 0 Å². The van der Waals surface area contributed by atoms with E-state index >= 15 is 0 Å². The SMILES string of the molecule is CCOC(=O)CSc1n[nH]c(NS(=O)(=O)c2cccc(C)c2)n1. The van der Waals surface area contributed by atoms with Crippen LogP contribution in [0.1, 0.15) is 12.5 Å². The van der Waals surface area contributed by atoms with Crippen LogP contribution in [0.3, 0.4) is 0 Å². The van der Waals surface area contributed by atoms with Crippen molar-refractivity contribution in [2.24, 2.45) is 0 Å². The van der Waals surface area contributed by atoms with E-state index in [0.29, 0.717) is 6.61 Å². The Morgan fingerprint density at radius 3 is 2.91 bits per heavy atom. The monoisotopic (exact) mass is 356 g/mol. The van der Waals surface area contributed by atoms with Crippen molar-refractivity contribution in [1.82, 2.24) is 15.2 Å². The van der Waals surface area contributed by atoms with Gasteiger partial charge in [0.15, 0.2) is 0 Å². The predicted octanol–water partition coefficient (Wildman–Crippen LogP) is 1.57. The molecule has 0 unspecified atom stereocenters. The van der Waals surface area contributed by atoms with Gasteiger partial charge in [0.05, 0.1) is 17.3 Å². The third kappa shape index (κ3) is 4.96. The van der Waals surface area contributed by atoms with Crippen LogP contribution in [0, 0.1) is 6.92 Å². The van der Waals surface area contributed by atoms with Crippen LogP contribution in [0.4, 0.5) is 5.95 Å². The van der Waals surface area contributed by atoms with Crippen molar-refractivity contribution in [2.45, 2.75) is 23.9 Å². The molecule has 2 N–H and O–H groups in total. The summed E-state index contributed by atoms with van der Waals surface area (Å²) in [5.74, 6) is -0.350. The minimum absolute atomic E-state index is 0.0159. The zero-order valence-electron chi connectivity index (χ0n) is 12.6. The smallest absolute Gasteiger partial charge is 0.316 e. The topological polar surface area (TPSA) is 114 Å². The number of rotatable bonds is 7. The fraction of sp³-hybridized carbons (Fsp3) is 0.308. The maximum Gasteiger partial charge on any atom is 0.316 e. The first-order valence-corrected chi connectivity index (χ1v) is 9.18. The van der Waals surface area contributed by atoms with E-state index in [0.717, 1.165) is 17.3 Å². The molecular formula is C13H16N4O4S2. The summed E-state index contributed by atoms with van der Waals surface area (Å²) in [5.41, 5.74) is 0.830. The van der Waals surface area contributed by atoms with E-state index in [1.54, 1.807) is 32.0 Å². The van der Waals surface area contributed by atoms with Crippen molar-refractivity contribution in [3.05, 3.63) is 29.8 Å². The lowest BCUT2D eigenvalue weighted by molar-refractivity contribution is -0.139. The molecule has 0 fully saturated rings. The number of anilines is 1. The molecule has 23 heavy (non-hydrogen) atoms. The molecule has 0 bridgehead atoms. The van der Waals surface area contributed by atoms with E-state index in [4.69, 9.17) is 4.74 Å². The first-order valence-electron chi connectivity index (χ1n) is 6.71. The first-order chi connectivity index (χ1) is 10.9. The summed E-state index contributed by atoms with van der Waals surface area (Å²) in [7, 11) is -3.75. The number of esters is 1. The van der Waals surface area contributed by atoms with E-state index in [9.17, 15) is 13.2 Å². The normalized spacial score (nSPS) is 11.2. The molecule has 1 heterocycles. The van der Waals surface area contributed by atoms with Crippen LogP contribution in [-0.2, 0) is 19.6 Å². The molecule has 0 saturated heterocycles. The van der Waals surface area contributed by atoms with Crippen molar-refractivity contribution in [3.63, 3.8) is 0 Å². The van der Waals surface area contributed by atoms with Crippen LogP contribution in [0.15, 0.2) is 34.3 Å². The molecular weight excluding hydrogens is 340 g/mol. The molecule has 1 aromatic carbocycles. The number of carbonyl (C=O) groups excluding carboxylic acids is 1. The average molecular weight is 356 g/mol. The fourth-order valence-corrected chi connectivity index (χ4v) is 3.31. The molecule has 0 radical (unpaired) electrons. The van der Waals surface area contributed by atoms with Gasteiger partial charge in [-0.15, -0.1) is 5.10 Å². The summed E-state index contributed by atoms with van der Waals surface area (Å²) in [6.07, 6.45) is 0. The number of sulfonamides is 1. The van der Waals surface area contributed by atoms with Crippen LogP contribution >= 0.6 is 11.8 Å². The summed E-state index contributed by atoms with van der Waals surface area (Å²) < 4.78 is 31.6. The van der Waals surface area contributed by atoms with Crippen molar-refractivity contribution < 1.29 is 17.9 Å². The van der Waals surface area contributed by atoms with E-state index < -0.39 is 10.0 Å². The number of thioether (sulfide) groups is 1. The highest BCUT2D eigenvalue weighted by Crippen LogP contribution is 2.17. The molecule has 2 aromatic rings. The Morgan fingerprint density at radius 2 is 2.22 bits per heavy atom. The Hall–Kier alpha value is -2.07. The molecule has 0 saturated carbocycles. The number of benzene rings is 1. The number of aromatic amines is 1. The Balaban J connectivity index is 2.02. The highest BCUT2D eigenvalue weighted by Gasteiger charge is 2.17. The summed E-state index contributed by atoms with van der Waals surface area (Å²) in [6, 6.07) is 6.50. The van der Waals surface area contributed by atoms with Gasteiger partial charge in [-0.3, -0.25) is 4.79 Å². The van der Waals surface area contributed by atoms with E-state index in [1.165, 1.54) is 6.07 Å². The second-order valence-corrected chi connectivity index (χ2v) is 7.11. The lowest BCUT2D eigenvalue weighted by Crippen LogP contribution is -2.14. The number of hydrogen-bond acceptors (Lipinski definition) is 7. The van der Waals surface area contributed by atoms with Crippen molar-refractivity contribution in [3.8, 4) is 0 Å². The number of aromatic nitrogens is 3. The van der Waals surface area contributed by atoms with Gasteiger partial charge in [-0.1, -0.05) is 23.9 Å². The van der Waals surface area contributed by atoms with Gasteiger partial charge in [-0.2, -0.15) is 4.98 Å². The molecule has 0 aliphatic rings. The summed E-state index contributed by atoms with van der Waals surface area (Å²) in [5, 5.41) is 6.56. The molecule has 8 nitrogen and oxygen atoms in total. The van der Waals surface area contributed by atoms with Crippen LogP contribution in [0.2, 0.25) is 0 Å². The lowest BCUT2D eigenvalue weighted by atomic mass is 10.2. The maximum atomic E-state index is 12.2. The van der Waals surface area contributed by atoms with Crippen LogP contribution in [0.25, 0.3) is 0 Å². The molecule has 1 aromatic heterocycles. The number of carbonyl (C=O) groups is 1. The van der Waals surface area contributed by atoms with Gasteiger partial charge >= 0.3 is 5.97 Å². The van der Waals surface area contributed by atoms with Gasteiger partial charge in [0.25, 0.3) is 10.0 Å². The van der Waals surface area contributed by atoms with E-state index in [1.807, 2.05) is 0 Å². The number of aryl methyl sites for hydroxylation is 1. The predicted molar refractivity (Wildman–Crippen MR) is 85.7 cm³/mol. The molecule has 2 rings (SSSR count). The highest BCUT2D eigenvalue weighted by atomic mass is 32.2. The van der Waals surface area contributed by atoms with Crippen LogP contribution < -0.4 is 4.72 Å². The van der Waals surface area contributed by atoms with Gasteiger partial charge < -0.3 is 4.74 Å². The van der Waals surface area contributed by atoms with Crippen molar-refractivity contribution >= 4 is 33.7 Å². The molecule has 0 spiro atoms. The standard InChI is InChI=1S/C13H16N4O4S2/c1-3-21-11(18)8-22-13-14-12(15-16-13)17-23(19,20)10-6-4-5-9(2)7-10/h4-7H,3,8H2,1-2H3,(H2,14,15,16,17). The maximum absolute atomic E-state index is 12.2. The molecule has 0 atom stereocenters. The Morgan fingerprint density at radius 1 is 1.43 bits per heavy atom. The van der Waals surface area contributed by atoms with Gasteiger partial charge in [0.2, 0.25) is 11.1 Å². The zero-order valence-corrected chi connectivity index (χ0v) is 14.2. The molecule has 10 heteroatoms. The van der Waals surface area contributed by atoms with Gasteiger partial charge in [-0.25, -0.2) is 18.2 Å². The highest BCUT2D eigenvalue weighted by molar-refractivity contribution is 7.99. The van der Waals surface area contributed by atoms with E-state index in [-0.39, 0.29) is 27.7 Å². The second-order valence-electron chi connectivity index (χ2n) is 4.48. The summed E-state index contributed by atoms with van der Waals surface area (Å²) in [6.45, 7) is 3.82. The zero-order chi connectivity index (χ0) is 16.9. The van der Waals surface area contributed by atoms with Crippen LogP contribution in [0.5, 0.6) is 0 Å². The lowest BCUT2D eigenvalue weighted by Gasteiger charge is -2.05. The molecule has 0 amide bonds. The summed E-state index contributed by atoms with van der Waals surface area (Å²) >= 11 is 1.05. The number of H-pyrrole nitrogens is 1. The molecule has 0 aliphatic carbocycles. The Kier molecular flexibility index (Phi) is 5.61. The largest absolute Gasteiger partial charge is 0.465 e. The van der Waals surface area contributed by atoms with Gasteiger partial charge in [-0.05, 0) is 31.5 Å².